The van der Waals surface area contributed by atoms with E-state index in [9.17, 15) is 14.7 Å². The van der Waals surface area contributed by atoms with Gasteiger partial charge in [0.1, 0.15) is 0 Å². The zero-order valence-electron chi connectivity index (χ0n) is 14.2. The molecule has 0 aliphatic heterocycles. The molecule has 0 spiro atoms. The molecule has 1 aromatic carbocycles. The van der Waals surface area contributed by atoms with E-state index in [-0.39, 0.29) is 23.4 Å². The van der Waals surface area contributed by atoms with Crippen LogP contribution in [0.5, 0.6) is 0 Å². The van der Waals surface area contributed by atoms with Gasteiger partial charge < -0.3 is 15.4 Å². The lowest BCUT2D eigenvalue weighted by Crippen LogP contribution is -2.48. The molecule has 1 aromatic heterocycles. The number of H-pyrrole nitrogens is 1. The van der Waals surface area contributed by atoms with Crippen molar-refractivity contribution in [2.24, 2.45) is 5.41 Å². The molecule has 0 bridgehead atoms. The maximum atomic E-state index is 12.6. The minimum absolute atomic E-state index is 0.0857. The van der Waals surface area contributed by atoms with Crippen LogP contribution < -0.4 is 10.9 Å². The van der Waals surface area contributed by atoms with Crippen LogP contribution in [-0.4, -0.2) is 28.1 Å². The van der Waals surface area contributed by atoms with Crippen LogP contribution in [0.4, 0.5) is 0 Å². The number of pyridine rings is 1. The van der Waals surface area contributed by atoms with E-state index in [0.29, 0.717) is 29.2 Å². The summed E-state index contributed by atoms with van der Waals surface area (Å²) in [6, 6.07) is 7.03. The van der Waals surface area contributed by atoms with E-state index in [1.807, 2.05) is 0 Å². The molecule has 24 heavy (non-hydrogen) atoms. The summed E-state index contributed by atoms with van der Waals surface area (Å²) in [6.07, 6.45) is 4.86. The number of nitrogens with one attached hydrogen (secondary N) is 2. The molecule has 5 heteroatoms. The highest BCUT2D eigenvalue weighted by Gasteiger charge is 2.38. The Morgan fingerprint density at radius 2 is 1.96 bits per heavy atom. The van der Waals surface area contributed by atoms with Crippen molar-refractivity contribution in [2.45, 2.75) is 45.1 Å². The number of carbonyl (C=O) groups is 1. The van der Waals surface area contributed by atoms with Gasteiger partial charge in [-0.2, -0.15) is 0 Å². The van der Waals surface area contributed by atoms with Gasteiger partial charge in [0, 0.05) is 23.5 Å². The van der Waals surface area contributed by atoms with Crippen molar-refractivity contribution in [3.63, 3.8) is 0 Å². The van der Waals surface area contributed by atoms with Crippen molar-refractivity contribution in [1.82, 2.24) is 10.3 Å². The summed E-state index contributed by atoms with van der Waals surface area (Å²) in [7, 11) is 0. The number of benzene rings is 1. The molecule has 5 nitrogen and oxygen atoms in total. The predicted octanol–water partition coefficient (Wildman–Crippen LogP) is 2.59. The Morgan fingerprint density at radius 1 is 1.25 bits per heavy atom. The molecule has 128 valence electrons. The van der Waals surface area contributed by atoms with Crippen molar-refractivity contribution in [3.8, 4) is 0 Å². The Balaban J connectivity index is 1.79. The fourth-order valence-corrected chi connectivity index (χ4v) is 3.85. The lowest BCUT2D eigenvalue weighted by molar-refractivity contribution is -0.0361. The standard InChI is InChI=1S/C19H24N2O3/c1-18(2)8-5-9-19(24,11-18)12-21-17(23)15-10-20-16(22)14-7-4-3-6-13(14)15/h3-4,6-7,10,24H,5,8-9,11-12H2,1-2H3,(H,20,22)(H,21,23)/t19-/m0/s1. The molecule has 1 aliphatic rings. The van der Waals surface area contributed by atoms with Crippen LogP contribution in [0.3, 0.4) is 0 Å². The topological polar surface area (TPSA) is 82.2 Å². The van der Waals surface area contributed by atoms with Gasteiger partial charge in [-0.3, -0.25) is 9.59 Å². The molecule has 2 aromatic rings. The molecule has 1 aliphatic carbocycles. The second-order valence-electron chi connectivity index (χ2n) is 7.68. The highest BCUT2D eigenvalue weighted by Crippen LogP contribution is 2.40. The van der Waals surface area contributed by atoms with Crippen molar-refractivity contribution in [3.05, 3.63) is 46.4 Å². The number of amides is 1. The number of aliphatic hydroxyl groups is 1. The molecule has 1 atom stereocenters. The minimum Gasteiger partial charge on any atom is -0.388 e. The van der Waals surface area contributed by atoms with Gasteiger partial charge in [0.15, 0.2) is 0 Å². The van der Waals surface area contributed by atoms with Crippen LogP contribution in [0.25, 0.3) is 10.8 Å². The monoisotopic (exact) mass is 328 g/mol. The second kappa shape index (κ2) is 6.06. The third-order valence-corrected chi connectivity index (χ3v) is 4.94. The molecule has 1 heterocycles. The van der Waals surface area contributed by atoms with Gasteiger partial charge in [-0.25, -0.2) is 0 Å². The SMILES string of the molecule is CC1(C)CCC[C@@](O)(CNC(=O)c2c[nH]c(=O)c3ccccc23)C1. The van der Waals surface area contributed by atoms with E-state index in [1.54, 1.807) is 24.3 Å². The smallest absolute Gasteiger partial charge is 0.255 e. The first-order chi connectivity index (χ1) is 11.3. The van der Waals surface area contributed by atoms with Crippen LogP contribution in [-0.2, 0) is 0 Å². The van der Waals surface area contributed by atoms with Crippen LogP contribution >= 0.6 is 0 Å². The van der Waals surface area contributed by atoms with Gasteiger partial charge in [0.2, 0.25) is 0 Å². The van der Waals surface area contributed by atoms with Gasteiger partial charge in [0.05, 0.1) is 11.2 Å². The normalized spacial score (nSPS) is 23.1. The van der Waals surface area contributed by atoms with Crippen LogP contribution in [0.2, 0.25) is 0 Å². The van der Waals surface area contributed by atoms with Crippen molar-refractivity contribution in [2.75, 3.05) is 6.54 Å². The van der Waals surface area contributed by atoms with E-state index in [0.717, 1.165) is 12.8 Å². The van der Waals surface area contributed by atoms with Gasteiger partial charge in [-0.1, -0.05) is 32.0 Å². The Labute approximate surface area is 141 Å². The molecular weight excluding hydrogens is 304 g/mol. The molecule has 0 unspecified atom stereocenters. The lowest BCUT2D eigenvalue weighted by atomic mass is 9.70. The summed E-state index contributed by atoms with van der Waals surface area (Å²) in [5, 5.41) is 14.7. The van der Waals surface area contributed by atoms with E-state index >= 15 is 0 Å². The van der Waals surface area contributed by atoms with E-state index in [1.165, 1.54) is 6.20 Å². The van der Waals surface area contributed by atoms with Crippen LogP contribution in [0.1, 0.15) is 49.9 Å². The van der Waals surface area contributed by atoms with E-state index < -0.39 is 5.60 Å². The van der Waals surface area contributed by atoms with Gasteiger partial charge in [0.25, 0.3) is 11.5 Å². The molecule has 3 N–H and O–H groups in total. The number of hydrogen-bond acceptors (Lipinski definition) is 3. The molecule has 1 saturated carbocycles. The van der Waals surface area contributed by atoms with E-state index in [2.05, 4.69) is 24.1 Å². The fourth-order valence-electron chi connectivity index (χ4n) is 3.85. The Bertz CT molecular complexity index is 825. The Morgan fingerprint density at radius 3 is 2.67 bits per heavy atom. The van der Waals surface area contributed by atoms with Crippen LogP contribution in [0.15, 0.2) is 35.3 Å². The maximum absolute atomic E-state index is 12.6. The molecular formula is C19H24N2O3. The highest BCUT2D eigenvalue weighted by molar-refractivity contribution is 6.06. The fraction of sp³-hybridized carbons (Fsp3) is 0.474. The Hall–Kier alpha value is -2.14. The lowest BCUT2D eigenvalue weighted by Gasteiger charge is -2.41. The van der Waals surface area contributed by atoms with Gasteiger partial charge >= 0.3 is 0 Å². The average Bonchev–Trinajstić information content (AvgIpc) is 2.52. The average molecular weight is 328 g/mol. The summed E-state index contributed by atoms with van der Waals surface area (Å²) in [5.74, 6) is -0.278. The third-order valence-electron chi connectivity index (χ3n) is 4.94. The third kappa shape index (κ3) is 3.36. The molecule has 3 rings (SSSR count). The largest absolute Gasteiger partial charge is 0.388 e. The number of fused-ring (bicyclic) bond motifs is 1. The van der Waals surface area contributed by atoms with Crippen molar-refractivity contribution >= 4 is 16.7 Å². The number of rotatable bonds is 3. The first-order valence-corrected chi connectivity index (χ1v) is 8.41. The predicted molar refractivity (Wildman–Crippen MR) is 94.1 cm³/mol. The highest BCUT2D eigenvalue weighted by atomic mass is 16.3. The first kappa shape index (κ1) is 16.7. The van der Waals surface area contributed by atoms with Gasteiger partial charge in [-0.15, -0.1) is 0 Å². The molecule has 0 radical (unpaired) electrons. The number of aromatic nitrogens is 1. The van der Waals surface area contributed by atoms with E-state index in [4.69, 9.17) is 0 Å². The number of hydrogen-bond donors (Lipinski definition) is 3. The summed E-state index contributed by atoms with van der Waals surface area (Å²) < 4.78 is 0. The Kier molecular flexibility index (Phi) is 4.22. The quantitative estimate of drug-likeness (QED) is 0.810. The van der Waals surface area contributed by atoms with Crippen LogP contribution in [0, 0.1) is 5.41 Å². The minimum atomic E-state index is -0.866. The summed E-state index contributed by atoms with van der Waals surface area (Å²) in [4.78, 5) is 27.0. The zero-order chi connectivity index (χ0) is 17.4. The second-order valence-corrected chi connectivity index (χ2v) is 7.68. The van der Waals surface area contributed by atoms with Gasteiger partial charge in [-0.05, 0) is 37.2 Å². The summed E-state index contributed by atoms with van der Waals surface area (Å²) in [5.41, 5.74) is -0.573. The molecule has 1 amide bonds. The first-order valence-electron chi connectivity index (χ1n) is 8.41. The summed E-state index contributed by atoms with van der Waals surface area (Å²) >= 11 is 0. The maximum Gasteiger partial charge on any atom is 0.255 e. The molecule has 1 fully saturated rings. The van der Waals surface area contributed by atoms with Crippen molar-refractivity contribution in [1.29, 1.82) is 0 Å². The van der Waals surface area contributed by atoms with Crippen molar-refractivity contribution < 1.29 is 9.90 Å². The number of carbonyl (C=O) groups excluding carboxylic acids is 1. The number of aromatic amines is 1. The summed E-state index contributed by atoms with van der Waals surface area (Å²) in [6.45, 7) is 4.52. The molecule has 0 saturated heterocycles. The zero-order valence-corrected chi connectivity index (χ0v) is 14.2.